The number of carbonyl (C=O) groups is 1. The molecule has 1 aliphatic rings. The lowest BCUT2D eigenvalue weighted by Crippen LogP contribution is -2.45. The fourth-order valence-electron chi connectivity index (χ4n) is 2.74. The van der Waals surface area contributed by atoms with Crippen molar-refractivity contribution < 1.29 is 4.79 Å². The molecule has 3 N–H and O–H groups in total. The Morgan fingerprint density at radius 2 is 2.19 bits per heavy atom. The Hall–Kier alpha value is -1.75. The third-order valence-electron chi connectivity index (χ3n) is 4.25. The summed E-state index contributed by atoms with van der Waals surface area (Å²) in [6.45, 7) is 0.712. The number of para-hydroxylation sites is 1. The van der Waals surface area contributed by atoms with Gasteiger partial charge >= 0.3 is 0 Å². The number of pyridine rings is 1. The first kappa shape index (κ1) is 14.2. The monoisotopic (exact) mass is 301 g/mol. The highest BCUT2D eigenvalue weighted by atomic mass is 32.2. The smallest absolute Gasteiger partial charge is 0.252 e. The molecule has 0 saturated heterocycles. The fourth-order valence-corrected chi connectivity index (χ4v) is 3.66. The van der Waals surface area contributed by atoms with E-state index >= 15 is 0 Å². The number of hydrogen-bond donors (Lipinski definition) is 2. The summed E-state index contributed by atoms with van der Waals surface area (Å²) in [6, 6.07) is 9.24. The van der Waals surface area contributed by atoms with Crippen LogP contribution in [0, 0.1) is 0 Å². The number of thioether (sulfide) groups is 1. The Balaban J connectivity index is 1.84. The standard InChI is InChI=1S/C16H19N3OS/c1-21-16(7-4-8-16)10-18-15(20)12-9-14(17)19-13-6-3-2-5-11(12)13/h2-3,5-6,9H,4,7-8,10H2,1H3,(H2,17,19)(H,18,20). The molecule has 1 heterocycles. The predicted molar refractivity (Wildman–Crippen MR) is 88.6 cm³/mol. The number of nitrogens with zero attached hydrogens (tertiary/aromatic N) is 1. The van der Waals surface area contributed by atoms with Crippen LogP contribution in [-0.2, 0) is 0 Å². The van der Waals surface area contributed by atoms with Gasteiger partial charge in [-0.15, -0.1) is 0 Å². The van der Waals surface area contributed by atoms with Crippen LogP contribution < -0.4 is 11.1 Å². The zero-order valence-electron chi connectivity index (χ0n) is 12.1. The minimum Gasteiger partial charge on any atom is -0.384 e. The summed E-state index contributed by atoms with van der Waals surface area (Å²) in [5, 5.41) is 3.91. The van der Waals surface area contributed by atoms with Crippen molar-refractivity contribution in [2.75, 3.05) is 18.5 Å². The lowest BCUT2D eigenvalue weighted by molar-refractivity contribution is 0.0945. The molecule has 4 nitrogen and oxygen atoms in total. The molecular weight excluding hydrogens is 282 g/mol. The molecule has 1 saturated carbocycles. The van der Waals surface area contributed by atoms with E-state index in [1.54, 1.807) is 6.07 Å². The Bertz CT molecular complexity index is 677. The largest absolute Gasteiger partial charge is 0.384 e. The van der Waals surface area contributed by atoms with Crippen LogP contribution in [0.25, 0.3) is 10.9 Å². The van der Waals surface area contributed by atoms with Crippen LogP contribution in [0.3, 0.4) is 0 Å². The maximum absolute atomic E-state index is 12.5. The average molecular weight is 301 g/mol. The summed E-state index contributed by atoms with van der Waals surface area (Å²) in [4.78, 5) is 16.8. The molecule has 0 bridgehead atoms. The van der Waals surface area contributed by atoms with E-state index in [1.165, 1.54) is 19.3 Å². The molecular formula is C16H19N3OS. The third-order valence-corrected chi connectivity index (χ3v) is 5.67. The van der Waals surface area contributed by atoms with Gasteiger partial charge < -0.3 is 11.1 Å². The number of carbonyl (C=O) groups excluding carboxylic acids is 1. The van der Waals surface area contributed by atoms with Gasteiger partial charge in [0, 0.05) is 16.7 Å². The van der Waals surface area contributed by atoms with Gasteiger partial charge in [-0.2, -0.15) is 11.8 Å². The van der Waals surface area contributed by atoms with Gasteiger partial charge in [0.25, 0.3) is 5.91 Å². The first-order valence-electron chi connectivity index (χ1n) is 7.12. The van der Waals surface area contributed by atoms with Crippen molar-refractivity contribution in [1.29, 1.82) is 0 Å². The topological polar surface area (TPSA) is 68.0 Å². The van der Waals surface area contributed by atoms with Crippen LogP contribution in [-0.4, -0.2) is 28.4 Å². The van der Waals surface area contributed by atoms with Gasteiger partial charge in [0.1, 0.15) is 5.82 Å². The molecule has 1 aliphatic carbocycles. The normalized spacial score (nSPS) is 16.4. The predicted octanol–water partition coefficient (Wildman–Crippen LogP) is 2.83. The van der Waals surface area contributed by atoms with E-state index < -0.39 is 0 Å². The number of amides is 1. The second-order valence-corrected chi connectivity index (χ2v) is 6.81. The summed E-state index contributed by atoms with van der Waals surface area (Å²) in [5.41, 5.74) is 7.17. The van der Waals surface area contributed by atoms with Crippen molar-refractivity contribution in [3.63, 3.8) is 0 Å². The molecule has 1 amide bonds. The number of fused-ring (bicyclic) bond motifs is 1. The highest BCUT2D eigenvalue weighted by Crippen LogP contribution is 2.42. The van der Waals surface area contributed by atoms with Crippen molar-refractivity contribution in [1.82, 2.24) is 10.3 Å². The summed E-state index contributed by atoms with van der Waals surface area (Å²) in [7, 11) is 0. The van der Waals surface area contributed by atoms with Gasteiger partial charge in [-0.3, -0.25) is 4.79 Å². The van der Waals surface area contributed by atoms with E-state index in [4.69, 9.17) is 5.73 Å². The summed E-state index contributed by atoms with van der Waals surface area (Å²) >= 11 is 1.85. The number of hydrogen-bond acceptors (Lipinski definition) is 4. The zero-order chi connectivity index (χ0) is 14.9. The van der Waals surface area contributed by atoms with Gasteiger partial charge in [-0.05, 0) is 31.2 Å². The summed E-state index contributed by atoms with van der Waals surface area (Å²) in [6.07, 6.45) is 5.72. The Labute approximate surface area is 128 Å². The molecule has 0 atom stereocenters. The molecule has 0 radical (unpaired) electrons. The van der Waals surface area contributed by atoms with Crippen LogP contribution in [0.2, 0.25) is 0 Å². The maximum atomic E-state index is 12.5. The van der Waals surface area contributed by atoms with Crippen LogP contribution in [0.15, 0.2) is 30.3 Å². The van der Waals surface area contributed by atoms with E-state index in [9.17, 15) is 4.79 Å². The number of nitrogens with two attached hydrogens (primary N) is 1. The van der Waals surface area contributed by atoms with E-state index in [1.807, 2.05) is 36.0 Å². The fraction of sp³-hybridized carbons (Fsp3) is 0.375. The van der Waals surface area contributed by atoms with E-state index in [0.717, 1.165) is 10.9 Å². The van der Waals surface area contributed by atoms with Gasteiger partial charge in [-0.1, -0.05) is 24.6 Å². The van der Waals surface area contributed by atoms with Crippen molar-refractivity contribution in [3.8, 4) is 0 Å². The number of rotatable bonds is 4. The molecule has 5 heteroatoms. The SMILES string of the molecule is CSC1(CNC(=O)c2cc(N)nc3ccccc23)CCC1. The first-order valence-corrected chi connectivity index (χ1v) is 8.35. The van der Waals surface area contributed by atoms with Crippen molar-refractivity contribution in [2.24, 2.45) is 0 Å². The molecule has 110 valence electrons. The molecule has 0 unspecified atom stereocenters. The Morgan fingerprint density at radius 1 is 1.43 bits per heavy atom. The lowest BCUT2D eigenvalue weighted by Gasteiger charge is -2.40. The maximum Gasteiger partial charge on any atom is 0.252 e. The van der Waals surface area contributed by atoms with Gasteiger partial charge in [0.15, 0.2) is 0 Å². The van der Waals surface area contributed by atoms with Crippen LogP contribution in [0.4, 0.5) is 5.82 Å². The number of nitrogens with one attached hydrogen (secondary N) is 1. The number of aromatic nitrogens is 1. The third kappa shape index (κ3) is 2.70. The Kier molecular flexibility index (Phi) is 3.76. The van der Waals surface area contributed by atoms with Crippen molar-refractivity contribution in [2.45, 2.75) is 24.0 Å². The molecule has 1 aromatic heterocycles. The molecule has 0 aliphatic heterocycles. The van der Waals surface area contributed by atoms with Gasteiger partial charge in [0.05, 0.1) is 11.1 Å². The minimum atomic E-state index is -0.0689. The molecule has 1 aromatic carbocycles. The highest BCUT2D eigenvalue weighted by Gasteiger charge is 2.36. The Morgan fingerprint density at radius 3 is 2.86 bits per heavy atom. The van der Waals surface area contributed by atoms with E-state index in [-0.39, 0.29) is 10.7 Å². The average Bonchev–Trinajstić information content (AvgIpc) is 2.45. The van der Waals surface area contributed by atoms with Crippen LogP contribution in [0.1, 0.15) is 29.6 Å². The van der Waals surface area contributed by atoms with Crippen LogP contribution >= 0.6 is 11.8 Å². The first-order chi connectivity index (χ1) is 10.1. The summed E-state index contributed by atoms with van der Waals surface area (Å²) < 4.78 is 0.226. The highest BCUT2D eigenvalue weighted by molar-refractivity contribution is 8.00. The van der Waals surface area contributed by atoms with Gasteiger partial charge in [-0.25, -0.2) is 4.98 Å². The number of nitrogen functional groups attached to an aromatic ring is 1. The van der Waals surface area contributed by atoms with Crippen molar-refractivity contribution >= 4 is 34.4 Å². The molecule has 1 fully saturated rings. The lowest BCUT2D eigenvalue weighted by atomic mass is 9.84. The van der Waals surface area contributed by atoms with E-state index in [0.29, 0.717) is 17.9 Å². The minimum absolute atomic E-state index is 0.0689. The zero-order valence-corrected chi connectivity index (χ0v) is 12.9. The van der Waals surface area contributed by atoms with E-state index in [2.05, 4.69) is 16.6 Å². The molecule has 2 aromatic rings. The second-order valence-electron chi connectivity index (χ2n) is 5.54. The van der Waals surface area contributed by atoms with Gasteiger partial charge in [0.2, 0.25) is 0 Å². The summed E-state index contributed by atoms with van der Waals surface area (Å²) in [5.74, 6) is 0.308. The number of benzene rings is 1. The molecule has 3 rings (SSSR count). The van der Waals surface area contributed by atoms with Crippen molar-refractivity contribution in [3.05, 3.63) is 35.9 Å². The quantitative estimate of drug-likeness (QED) is 0.911. The van der Waals surface area contributed by atoms with Crippen LogP contribution in [0.5, 0.6) is 0 Å². The molecule has 0 spiro atoms. The number of anilines is 1. The molecule has 21 heavy (non-hydrogen) atoms. The second kappa shape index (κ2) is 5.56.